The smallest absolute Gasteiger partial charge is 0.226 e. The highest BCUT2D eigenvalue weighted by Crippen LogP contribution is 2.33. The Labute approximate surface area is 118 Å². The van der Waals surface area contributed by atoms with Gasteiger partial charge in [0.25, 0.3) is 0 Å². The summed E-state index contributed by atoms with van der Waals surface area (Å²) in [6.07, 6.45) is 0. The Morgan fingerprint density at radius 2 is 1.61 bits per heavy atom. The second kappa shape index (κ2) is 5.36. The maximum Gasteiger partial charge on any atom is 0.226 e. The van der Waals surface area contributed by atoms with E-state index < -0.39 is 5.23 Å². The molecule has 8 heteroatoms. The highest BCUT2D eigenvalue weighted by molar-refractivity contribution is 6.59. The van der Waals surface area contributed by atoms with Gasteiger partial charge in [-0.25, -0.2) is 5.21 Å². The standard InChI is InChI=1S/C10H8Cl3N3O2/c11-7(9(12)13)8(16(17)18)10-14-5-3-1-2-4-6(5)15-10/h1-4,14-17H. The van der Waals surface area contributed by atoms with E-state index >= 15 is 0 Å². The van der Waals surface area contributed by atoms with Crippen molar-refractivity contribution in [2.24, 2.45) is 0 Å². The minimum atomic E-state index is -1.23. The third-order valence-electron chi connectivity index (χ3n) is 2.30. The number of nitrogens with one attached hydrogen (secondary N) is 3. The summed E-state index contributed by atoms with van der Waals surface area (Å²) in [7, 11) is 0. The molecule has 0 saturated heterocycles. The van der Waals surface area contributed by atoms with E-state index in [0.717, 1.165) is 11.4 Å². The van der Waals surface area contributed by atoms with Crippen LogP contribution in [0.15, 0.2) is 45.3 Å². The van der Waals surface area contributed by atoms with Crippen LogP contribution in [-0.4, -0.2) is 5.21 Å². The molecular weight excluding hydrogens is 300 g/mol. The second-order valence-corrected chi connectivity index (χ2v) is 4.75. The van der Waals surface area contributed by atoms with Gasteiger partial charge in [-0.3, -0.25) is 0 Å². The van der Waals surface area contributed by atoms with Crippen LogP contribution in [0.5, 0.6) is 0 Å². The molecule has 1 aromatic rings. The summed E-state index contributed by atoms with van der Waals surface area (Å²) in [5.41, 5.74) is 1.29. The zero-order valence-corrected chi connectivity index (χ0v) is 11.1. The molecule has 2 rings (SSSR count). The Hall–Kier alpha value is -0.950. The zero-order valence-electron chi connectivity index (χ0n) is 8.80. The predicted octanol–water partition coefficient (Wildman–Crippen LogP) is 2.35. The molecule has 0 bridgehead atoms. The van der Waals surface area contributed by atoms with E-state index in [9.17, 15) is 5.21 Å². The Balaban J connectivity index is 2.46. The van der Waals surface area contributed by atoms with Crippen molar-refractivity contribution in [3.8, 4) is 0 Å². The van der Waals surface area contributed by atoms with Gasteiger partial charge in [-0.2, -0.15) is 5.23 Å². The summed E-state index contributed by atoms with van der Waals surface area (Å²) in [5, 5.41) is 24.7. The van der Waals surface area contributed by atoms with Gasteiger partial charge in [0.1, 0.15) is 9.52 Å². The highest BCUT2D eigenvalue weighted by atomic mass is 35.5. The van der Waals surface area contributed by atoms with Crippen LogP contribution in [0, 0.1) is 5.21 Å². The van der Waals surface area contributed by atoms with Gasteiger partial charge in [-0.05, 0) is 12.1 Å². The lowest BCUT2D eigenvalue weighted by molar-refractivity contribution is -1.01. The van der Waals surface area contributed by atoms with E-state index in [4.69, 9.17) is 40.0 Å². The third-order valence-corrected chi connectivity index (χ3v) is 3.25. The number of quaternary nitrogens is 1. The fourth-order valence-electron chi connectivity index (χ4n) is 1.53. The summed E-state index contributed by atoms with van der Waals surface area (Å²) in [5.74, 6) is 0.229. The number of halogens is 3. The lowest BCUT2D eigenvalue weighted by Crippen LogP contribution is -3.03. The minimum absolute atomic E-state index is 0.215. The SMILES string of the molecule is [O-][NH+](O)C(=C1Nc2ccccc2N1)C(Cl)=C(Cl)Cl. The first-order valence-electron chi connectivity index (χ1n) is 4.82. The summed E-state index contributed by atoms with van der Waals surface area (Å²) < 4.78 is -0.305. The number of hydroxylamine groups is 2. The first-order valence-corrected chi connectivity index (χ1v) is 5.96. The number of hydrogen-bond donors (Lipinski definition) is 4. The van der Waals surface area contributed by atoms with Gasteiger partial charge in [0.2, 0.25) is 5.70 Å². The van der Waals surface area contributed by atoms with Gasteiger partial charge in [-0.1, -0.05) is 46.9 Å². The third kappa shape index (κ3) is 2.56. The van der Waals surface area contributed by atoms with Gasteiger partial charge in [0.05, 0.1) is 11.4 Å². The molecule has 18 heavy (non-hydrogen) atoms. The molecule has 0 aliphatic carbocycles. The Kier molecular flexibility index (Phi) is 4.01. The summed E-state index contributed by atoms with van der Waals surface area (Å²) >= 11 is 16.8. The van der Waals surface area contributed by atoms with E-state index in [1.165, 1.54) is 0 Å². The first-order chi connectivity index (χ1) is 8.50. The van der Waals surface area contributed by atoms with Crippen molar-refractivity contribution in [1.82, 2.24) is 0 Å². The average molecular weight is 309 g/mol. The molecule has 1 aromatic carbocycles. The minimum Gasteiger partial charge on any atom is -0.595 e. The fraction of sp³-hybridized carbons (Fsp3) is 0. The van der Waals surface area contributed by atoms with Crippen LogP contribution < -0.4 is 15.9 Å². The number of benzene rings is 1. The number of anilines is 2. The maximum atomic E-state index is 11.2. The fourth-order valence-corrected chi connectivity index (χ4v) is 1.90. The number of fused-ring (bicyclic) bond motifs is 1. The van der Waals surface area contributed by atoms with Crippen molar-refractivity contribution in [1.29, 1.82) is 0 Å². The monoisotopic (exact) mass is 307 g/mol. The molecule has 1 unspecified atom stereocenters. The van der Waals surface area contributed by atoms with E-state index in [1.54, 1.807) is 12.1 Å². The molecule has 0 amide bonds. The molecule has 0 fully saturated rings. The van der Waals surface area contributed by atoms with Crippen molar-refractivity contribution >= 4 is 46.2 Å². The largest absolute Gasteiger partial charge is 0.595 e. The lowest BCUT2D eigenvalue weighted by atomic mass is 10.3. The van der Waals surface area contributed by atoms with Crippen molar-refractivity contribution in [2.45, 2.75) is 0 Å². The molecule has 1 atom stereocenters. The Morgan fingerprint density at radius 3 is 2.00 bits per heavy atom. The molecule has 1 heterocycles. The number of para-hydroxylation sites is 2. The zero-order chi connectivity index (χ0) is 13.3. The summed E-state index contributed by atoms with van der Waals surface area (Å²) in [6, 6.07) is 7.25. The molecule has 4 N–H and O–H groups in total. The Morgan fingerprint density at radius 1 is 1.11 bits per heavy atom. The van der Waals surface area contributed by atoms with Crippen molar-refractivity contribution < 1.29 is 10.4 Å². The average Bonchev–Trinajstić information content (AvgIpc) is 2.71. The molecular formula is C10H8Cl3N3O2. The second-order valence-electron chi connectivity index (χ2n) is 3.43. The summed E-state index contributed by atoms with van der Waals surface area (Å²) in [4.78, 5) is 0. The van der Waals surface area contributed by atoms with Crippen LogP contribution in [0.1, 0.15) is 0 Å². The molecule has 1 aliphatic heterocycles. The molecule has 1 aliphatic rings. The first kappa shape index (κ1) is 13.5. The van der Waals surface area contributed by atoms with Crippen molar-refractivity contribution in [3.63, 3.8) is 0 Å². The van der Waals surface area contributed by atoms with Crippen LogP contribution in [-0.2, 0) is 0 Å². The molecule has 96 valence electrons. The lowest BCUT2D eigenvalue weighted by Gasteiger charge is -2.17. The van der Waals surface area contributed by atoms with E-state index in [0.29, 0.717) is 0 Å². The van der Waals surface area contributed by atoms with Gasteiger partial charge < -0.3 is 15.8 Å². The number of allylic oxidation sites excluding steroid dienone is 1. The van der Waals surface area contributed by atoms with Crippen LogP contribution in [0.25, 0.3) is 0 Å². The van der Waals surface area contributed by atoms with E-state index in [2.05, 4.69) is 10.6 Å². The van der Waals surface area contributed by atoms with Crippen LogP contribution in [0.2, 0.25) is 0 Å². The van der Waals surface area contributed by atoms with Gasteiger partial charge in [0.15, 0.2) is 5.82 Å². The van der Waals surface area contributed by atoms with Gasteiger partial charge >= 0.3 is 0 Å². The van der Waals surface area contributed by atoms with Gasteiger partial charge in [0, 0.05) is 0 Å². The molecule has 0 spiro atoms. The van der Waals surface area contributed by atoms with Crippen LogP contribution in [0.3, 0.4) is 0 Å². The topological polar surface area (TPSA) is 71.8 Å². The Bertz CT molecular complexity index is 512. The molecule has 5 nitrogen and oxygen atoms in total. The van der Waals surface area contributed by atoms with Crippen LogP contribution in [0.4, 0.5) is 11.4 Å². The van der Waals surface area contributed by atoms with Gasteiger partial charge in [-0.15, -0.1) is 0 Å². The van der Waals surface area contributed by atoms with Crippen molar-refractivity contribution in [3.05, 3.63) is 50.5 Å². The number of hydrogen-bond acceptors (Lipinski definition) is 4. The maximum absolute atomic E-state index is 11.2. The molecule has 0 aromatic heterocycles. The predicted molar refractivity (Wildman–Crippen MR) is 71.4 cm³/mol. The van der Waals surface area contributed by atoms with E-state index in [-0.39, 0.29) is 21.0 Å². The quantitative estimate of drug-likeness (QED) is 0.633. The van der Waals surface area contributed by atoms with Crippen LogP contribution >= 0.6 is 34.8 Å². The van der Waals surface area contributed by atoms with E-state index in [1.807, 2.05) is 12.1 Å². The molecule has 0 radical (unpaired) electrons. The highest BCUT2D eigenvalue weighted by Gasteiger charge is 2.25. The number of rotatable bonds is 2. The molecule has 0 saturated carbocycles. The normalized spacial score (nSPS) is 14.4. The summed E-state index contributed by atoms with van der Waals surface area (Å²) in [6.45, 7) is 0. The van der Waals surface area contributed by atoms with Crippen molar-refractivity contribution in [2.75, 3.05) is 10.6 Å².